The molecule has 1 heterocycles. The first-order valence-electron chi connectivity index (χ1n) is 9.17. The third-order valence-electron chi connectivity index (χ3n) is 4.07. The van der Waals surface area contributed by atoms with Gasteiger partial charge in [-0.15, -0.1) is 24.0 Å². The maximum absolute atomic E-state index is 4.66. The fourth-order valence-electron chi connectivity index (χ4n) is 2.73. The van der Waals surface area contributed by atoms with Gasteiger partial charge in [-0.05, 0) is 52.2 Å². The second-order valence-electron chi connectivity index (χ2n) is 6.43. The SMILES string of the molecule is CCNC(=NCCCn1nc(C)cc1C)NCCc1ccc(C)cc1.I. The fourth-order valence-corrected chi connectivity index (χ4v) is 2.73. The van der Waals surface area contributed by atoms with Crippen molar-refractivity contribution in [2.75, 3.05) is 19.6 Å². The molecule has 144 valence electrons. The van der Waals surface area contributed by atoms with Gasteiger partial charge < -0.3 is 10.6 Å². The summed E-state index contributed by atoms with van der Waals surface area (Å²) in [7, 11) is 0. The summed E-state index contributed by atoms with van der Waals surface area (Å²) in [6.07, 6.45) is 1.98. The molecule has 0 spiro atoms. The summed E-state index contributed by atoms with van der Waals surface area (Å²) in [4.78, 5) is 4.66. The highest BCUT2D eigenvalue weighted by Crippen LogP contribution is 2.04. The lowest BCUT2D eigenvalue weighted by Gasteiger charge is -2.11. The van der Waals surface area contributed by atoms with Gasteiger partial charge in [0.15, 0.2) is 5.96 Å². The smallest absolute Gasteiger partial charge is 0.191 e. The number of aromatic nitrogens is 2. The van der Waals surface area contributed by atoms with Crippen LogP contribution < -0.4 is 10.6 Å². The van der Waals surface area contributed by atoms with Gasteiger partial charge in [0, 0.05) is 31.9 Å². The zero-order valence-electron chi connectivity index (χ0n) is 16.4. The second-order valence-corrected chi connectivity index (χ2v) is 6.43. The van der Waals surface area contributed by atoms with E-state index in [9.17, 15) is 0 Å². The molecule has 0 saturated carbocycles. The minimum absolute atomic E-state index is 0. The molecule has 26 heavy (non-hydrogen) atoms. The molecule has 6 heteroatoms. The Labute approximate surface area is 174 Å². The molecule has 0 amide bonds. The topological polar surface area (TPSA) is 54.2 Å². The first-order valence-corrected chi connectivity index (χ1v) is 9.17. The summed E-state index contributed by atoms with van der Waals surface area (Å²) >= 11 is 0. The standard InChI is InChI=1S/C20H31N5.HI/c1-5-21-20(23-13-11-19-9-7-16(2)8-10-19)22-12-6-14-25-18(4)15-17(3)24-25;/h7-10,15H,5-6,11-14H2,1-4H3,(H2,21,22,23);1H. The number of guanidine groups is 1. The molecule has 2 aromatic rings. The van der Waals surface area contributed by atoms with E-state index in [2.05, 4.69) is 76.5 Å². The molecule has 0 fully saturated rings. The Kier molecular flexibility index (Phi) is 10.3. The van der Waals surface area contributed by atoms with Crippen molar-refractivity contribution in [1.82, 2.24) is 20.4 Å². The lowest BCUT2D eigenvalue weighted by molar-refractivity contribution is 0.567. The highest BCUT2D eigenvalue weighted by molar-refractivity contribution is 14.0. The summed E-state index contributed by atoms with van der Waals surface area (Å²) in [5.41, 5.74) is 4.93. The molecular weight excluding hydrogens is 437 g/mol. The minimum Gasteiger partial charge on any atom is -0.357 e. The van der Waals surface area contributed by atoms with Crippen molar-refractivity contribution >= 4 is 29.9 Å². The summed E-state index contributed by atoms with van der Waals surface area (Å²) < 4.78 is 2.06. The quantitative estimate of drug-likeness (QED) is 0.269. The number of halogens is 1. The van der Waals surface area contributed by atoms with E-state index in [-0.39, 0.29) is 24.0 Å². The minimum atomic E-state index is 0. The lowest BCUT2D eigenvalue weighted by Crippen LogP contribution is -2.38. The number of nitrogens with zero attached hydrogens (tertiary/aromatic N) is 3. The van der Waals surface area contributed by atoms with Gasteiger partial charge in [0.2, 0.25) is 0 Å². The molecule has 2 rings (SSSR count). The summed E-state index contributed by atoms with van der Waals surface area (Å²) in [5, 5.41) is 11.2. The van der Waals surface area contributed by atoms with Gasteiger partial charge in [0.1, 0.15) is 0 Å². The fraction of sp³-hybridized carbons (Fsp3) is 0.500. The van der Waals surface area contributed by atoms with Crippen LogP contribution in [0, 0.1) is 20.8 Å². The van der Waals surface area contributed by atoms with Crippen LogP contribution in [0.15, 0.2) is 35.3 Å². The number of benzene rings is 1. The van der Waals surface area contributed by atoms with Crippen molar-refractivity contribution in [2.24, 2.45) is 4.99 Å². The van der Waals surface area contributed by atoms with Crippen molar-refractivity contribution in [2.45, 2.75) is 47.1 Å². The Morgan fingerprint density at radius 3 is 2.46 bits per heavy atom. The van der Waals surface area contributed by atoms with Crippen LogP contribution in [0.1, 0.15) is 35.9 Å². The highest BCUT2D eigenvalue weighted by atomic mass is 127. The second kappa shape index (κ2) is 11.9. The molecule has 1 aromatic carbocycles. The van der Waals surface area contributed by atoms with E-state index in [1.165, 1.54) is 16.8 Å². The van der Waals surface area contributed by atoms with E-state index in [1.54, 1.807) is 0 Å². The number of nitrogens with one attached hydrogen (secondary N) is 2. The van der Waals surface area contributed by atoms with E-state index in [4.69, 9.17) is 0 Å². The van der Waals surface area contributed by atoms with Crippen LogP contribution in [0.3, 0.4) is 0 Å². The van der Waals surface area contributed by atoms with E-state index in [0.717, 1.165) is 50.7 Å². The molecule has 0 aliphatic carbocycles. The van der Waals surface area contributed by atoms with Gasteiger partial charge in [-0.2, -0.15) is 5.10 Å². The molecular formula is C20H32IN5. The molecule has 0 saturated heterocycles. The zero-order valence-corrected chi connectivity index (χ0v) is 18.7. The Hall–Kier alpha value is -1.57. The normalized spacial score (nSPS) is 11.2. The first kappa shape index (κ1) is 22.5. The molecule has 0 radical (unpaired) electrons. The Balaban J connectivity index is 0.00000338. The molecule has 1 aromatic heterocycles. The predicted octanol–water partition coefficient (Wildman–Crippen LogP) is 3.61. The van der Waals surface area contributed by atoms with E-state index in [0.29, 0.717) is 0 Å². The number of hydrogen-bond donors (Lipinski definition) is 2. The van der Waals surface area contributed by atoms with Gasteiger partial charge in [-0.1, -0.05) is 29.8 Å². The van der Waals surface area contributed by atoms with Crippen LogP contribution in [0.4, 0.5) is 0 Å². The Morgan fingerprint density at radius 1 is 1.12 bits per heavy atom. The molecule has 5 nitrogen and oxygen atoms in total. The van der Waals surface area contributed by atoms with E-state index in [1.807, 2.05) is 6.92 Å². The van der Waals surface area contributed by atoms with Crippen LogP contribution in [-0.2, 0) is 13.0 Å². The van der Waals surface area contributed by atoms with Gasteiger partial charge >= 0.3 is 0 Å². The van der Waals surface area contributed by atoms with Crippen LogP contribution in [-0.4, -0.2) is 35.4 Å². The average Bonchev–Trinajstić information content (AvgIpc) is 2.91. The summed E-state index contributed by atoms with van der Waals surface area (Å²) in [5.74, 6) is 0.892. The number of aryl methyl sites for hydroxylation is 4. The molecule has 0 unspecified atom stereocenters. The maximum atomic E-state index is 4.66. The Morgan fingerprint density at radius 2 is 1.85 bits per heavy atom. The van der Waals surface area contributed by atoms with Crippen LogP contribution in [0.25, 0.3) is 0 Å². The van der Waals surface area contributed by atoms with E-state index >= 15 is 0 Å². The van der Waals surface area contributed by atoms with Crippen molar-refractivity contribution in [3.05, 3.63) is 52.8 Å². The predicted molar refractivity (Wildman–Crippen MR) is 121 cm³/mol. The average molecular weight is 469 g/mol. The monoisotopic (exact) mass is 469 g/mol. The van der Waals surface area contributed by atoms with Gasteiger partial charge in [-0.25, -0.2) is 0 Å². The summed E-state index contributed by atoms with van der Waals surface area (Å²) in [6, 6.07) is 10.8. The van der Waals surface area contributed by atoms with Crippen LogP contribution in [0.2, 0.25) is 0 Å². The summed E-state index contributed by atoms with van der Waals surface area (Å²) in [6.45, 7) is 11.8. The number of aliphatic imine (C=N–C) groups is 1. The third kappa shape index (κ3) is 7.76. The van der Waals surface area contributed by atoms with Crippen molar-refractivity contribution in [3.8, 4) is 0 Å². The van der Waals surface area contributed by atoms with E-state index < -0.39 is 0 Å². The zero-order chi connectivity index (χ0) is 18.1. The molecule has 0 atom stereocenters. The van der Waals surface area contributed by atoms with Gasteiger partial charge in [-0.3, -0.25) is 9.67 Å². The van der Waals surface area contributed by atoms with Crippen molar-refractivity contribution in [1.29, 1.82) is 0 Å². The van der Waals surface area contributed by atoms with Crippen molar-refractivity contribution < 1.29 is 0 Å². The van der Waals surface area contributed by atoms with Crippen LogP contribution >= 0.6 is 24.0 Å². The van der Waals surface area contributed by atoms with Crippen molar-refractivity contribution in [3.63, 3.8) is 0 Å². The number of hydrogen-bond acceptors (Lipinski definition) is 2. The van der Waals surface area contributed by atoms with Gasteiger partial charge in [0.25, 0.3) is 0 Å². The molecule has 0 aliphatic rings. The third-order valence-corrected chi connectivity index (χ3v) is 4.07. The van der Waals surface area contributed by atoms with Gasteiger partial charge in [0.05, 0.1) is 5.69 Å². The highest BCUT2D eigenvalue weighted by Gasteiger charge is 2.01. The largest absolute Gasteiger partial charge is 0.357 e. The lowest BCUT2D eigenvalue weighted by atomic mass is 10.1. The molecule has 0 aliphatic heterocycles. The Bertz CT molecular complexity index is 676. The molecule has 0 bridgehead atoms. The maximum Gasteiger partial charge on any atom is 0.191 e. The van der Waals surface area contributed by atoms with Crippen LogP contribution in [0.5, 0.6) is 0 Å². The molecule has 2 N–H and O–H groups in total. The first-order chi connectivity index (χ1) is 12.1. The number of rotatable bonds is 8.